The summed E-state index contributed by atoms with van der Waals surface area (Å²) >= 11 is 1.54. The van der Waals surface area contributed by atoms with E-state index < -0.39 is 0 Å². The first kappa shape index (κ1) is 13.6. The number of aromatic nitrogens is 1. The highest BCUT2D eigenvalue weighted by Gasteiger charge is 2.11. The molecule has 6 heteroatoms. The highest BCUT2D eigenvalue weighted by molar-refractivity contribution is 7.22. The number of nitrogens with two attached hydrogens (primary N) is 1. The zero-order valence-corrected chi connectivity index (χ0v) is 12.0. The Morgan fingerprint density at radius 3 is 3.05 bits per heavy atom. The van der Waals surface area contributed by atoms with Gasteiger partial charge in [-0.25, -0.2) is 4.98 Å². The van der Waals surface area contributed by atoms with Gasteiger partial charge >= 0.3 is 0 Å². The van der Waals surface area contributed by atoms with E-state index >= 15 is 0 Å². The van der Waals surface area contributed by atoms with Crippen LogP contribution in [-0.4, -0.2) is 31.0 Å². The maximum absolute atomic E-state index is 11.7. The van der Waals surface area contributed by atoms with Crippen LogP contribution in [0, 0.1) is 0 Å². The van der Waals surface area contributed by atoms with Crippen LogP contribution in [0.1, 0.15) is 13.3 Å². The van der Waals surface area contributed by atoms with Crippen molar-refractivity contribution < 1.29 is 4.79 Å². The first-order valence-electron chi connectivity index (χ1n) is 6.24. The van der Waals surface area contributed by atoms with Gasteiger partial charge in [-0.1, -0.05) is 18.3 Å². The van der Waals surface area contributed by atoms with E-state index in [9.17, 15) is 4.79 Å². The van der Waals surface area contributed by atoms with E-state index in [1.54, 1.807) is 11.3 Å². The molecule has 0 aliphatic heterocycles. The normalized spacial score (nSPS) is 10.6. The van der Waals surface area contributed by atoms with Gasteiger partial charge in [0, 0.05) is 19.3 Å². The number of nitrogens with zero attached hydrogens (tertiary/aromatic N) is 2. The number of hydrogen-bond acceptors (Lipinski definition) is 5. The Hall–Kier alpha value is -1.82. The molecule has 2 rings (SSSR count). The van der Waals surface area contributed by atoms with E-state index in [0.717, 1.165) is 27.5 Å². The van der Waals surface area contributed by atoms with E-state index in [1.165, 1.54) is 0 Å². The fourth-order valence-corrected chi connectivity index (χ4v) is 2.67. The van der Waals surface area contributed by atoms with Gasteiger partial charge in [-0.15, -0.1) is 0 Å². The molecular weight excluding hydrogens is 260 g/mol. The highest BCUT2D eigenvalue weighted by Crippen LogP contribution is 2.29. The average Bonchev–Trinajstić information content (AvgIpc) is 2.79. The molecule has 1 amide bonds. The standard InChI is InChI=1S/C13H18N4OS/c1-3-6-15-12(18)8-17(2)13-16-10-5-4-9(14)7-11(10)19-13/h4-5,7H,3,6,8,14H2,1-2H3,(H,15,18). The predicted molar refractivity (Wildman–Crippen MR) is 80.6 cm³/mol. The molecule has 0 aliphatic rings. The molecule has 1 aromatic heterocycles. The van der Waals surface area contributed by atoms with Crippen LogP contribution < -0.4 is 16.0 Å². The van der Waals surface area contributed by atoms with Gasteiger partial charge in [0.15, 0.2) is 5.13 Å². The van der Waals surface area contributed by atoms with Gasteiger partial charge in [0.2, 0.25) is 5.91 Å². The lowest BCUT2D eigenvalue weighted by Crippen LogP contribution is -2.35. The fourth-order valence-electron chi connectivity index (χ4n) is 1.70. The van der Waals surface area contributed by atoms with Gasteiger partial charge in [0.05, 0.1) is 16.8 Å². The second-order valence-electron chi connectivity index (χ2n) is 4.43. The largest absolute Gasteiger partial charge is 0.399 e. The molecule has 0 fully saturated rings. The summed E-state index contributed by atoms with van der Waals surface area (Å²) < 4.78 is 1.04. The maximum atomic E-state index is 11.7. The topological polar surface area (TPSA) is 71.2 Å². The molecule has 0 saturated heterocycles. The molecule has 19 heavy (non-hydrogen) atoms. The van der Waals surface area contributed by atoms with Gasteiger partial charge in [0.1, 0.15) is 0 Å². The summed E-state index contributed by atoms with van der Waals surface area (Å²) in [6.45, 7) is 3.06. The zero-order chi connectivity index (χ0) is 13.8. The fraction of sp³-hybridized carbons (Fsp3) is 0.385. The highest BCUT2D eigenvalue weighted by atomic mass is 32.1. The Bertz CT molecular complexity index is 581. The number of hydrogen-bond donors (Lipinski definition) is 2. The molecule has 3 N–H and O–H groups in total. The van der Waals surface area contributed by atoms with Crippen molar-refractivity contribution in [2.45, 2.75) is 13.3 Å². The second kappa shape index (κ2) is 5.88. The minimum absolute atomic E-state index is 0.0168. The molecule has 1 aromatic carbocycles. The summed E-state index contributed by atoms with van der Waals surface area (Å²) in [5, 5.41) is 3.68. The smallest absolute Gasteiger partial charge is 0.239 e. The number of likely N-dealkylation sites (N-methyl/N-ethyl adjacent to an activating group) is 1. The molecule has 0 unspecified atom stereocenters. The van der Waals surface area contributed by atoms with Gasteiger partial charge < -0.3 is 16.0 Å². The van der Waals surface area contributed by atoms with Crippen molar-refractivity contribution in [3.8, 4) is 0 Å². The van der Waals surface area contributed by atoms with Gasteiger partial charge in [-0.05, 0) is 24.6 Å². The Morgan fingerprint density at radius 2 is 2.32 bits per heavy atom. The Labute approximate surface area is 116 Å². The van der Waals surface area contributed by atoms with E-state index in [1.807, 2.05) is 37.1 Å². The molecule has 5 nitrogen and oxygen atoms in total. The third-order valence-electron chi connectivity index (χ3n) is 2.68. The quantitative estimate of drug-likeness (QED) is 0.819. The van der Waals surface area contributed by atoms with Crippen LogP contribution in [0.25, 0.3) is 10.2 Å². The van der Waals surface area contributed by atoms with E-state index in [0.29, 0.717) is 13.1 Å². The Morgan fingerprint density at radius 1 is 1.53 bits per heavy atom. The number of carbonyl (C=O) groups excluding carboxylic acids is 1. The first-order valence-corrected chi connectivity index (χ1v) is 7.05. The van der Waals surface area contributed by atoms with Crippen LogP contribution in [0.4, 0.5) is 10.8 Å². The lowest BCUT2D eigenvalue weighted by atomic mass is 10.3. The van der Waals surface area contributed by atoms with Crippen molar-refractivity contribution in [3.05, 3.63) is 18.2 Å². The average molecular weight is 278 g/mol. The molecule has 0 radical (unpaired) electrons. The lowest BCUT2D eigenvalue weighted by molar-refractivity contribution is -0.119. The number of carbonyl (C=O) groups is 1. The Kier molecular flexibility index (Phi) is 4.21. The third-order valence-corrected chi connectivity index (χ3v) is 3.81. The minimum atomic E-state index is 0.0168. The lowest BCUT2D eigenvalue weighted by Gasteiger charge is -2.14. The predicted octanol–water partition coefficient (Wildman–Crippen LogP) is 1.84. The van der Waals surface area contributed by atoms with Gasteiger partial charge in [-0.2, -0.15) is 0 Å². The number of nitrogens with one attached hydrogen (secondary N) is 1. The Balaban J connectivity index is 2.08. The number of anilines is 2. The molecule has 1 heterocycles. The molecule has 0 aliphatic carbocycles. The summed E-state index contributed by atoms with van der Waals surface area (Å²) in [7, 11) is 1.87. The van der Waals surface area contributed by atoms with Crippen molar-refractivity contribution in [3.63, 3.8) is 0 Å². The van der Waals surface area contributed by atoms with Gasteiger partial charge in [-0.3, -0.25) is 4.79 Å². The number of amides is 1. The van der Waals surface area contributed by atoms with Crippen molar-refractivity contribution in [1.29, 1.82) is 0 Å². The van der Waals surface area contributed by atoms with Crippen molar-refractivity contribution >= 4 is 38.3 Å². The minimum Gasteiger partial charge on any atom is -0.399 e. The van der Waals surface area contributed by atoms with E-state index in [-0.39, 0.29) is 5.91 Å². The number of fused-ring (bicyclic) bond motifs is 1. The monoisotopic (exact) mass is 278 g/mol. The molecule has 0 atom stereocenters. The van der Waals surface area contributed by atoms with Crippen LogP contribution >= 0.6 is 11.3 Å². The van der Waals surface area contributed by atoms with Crippen LogP contribution in [0.5, 0.6) is 0 Å². The SMILES string of the molecule is CCCNC(=O)CN(C)c1nc2ccc(N)cc2s1. The summed E-state index contributed by atoms with van der Waals surface area (Å²) in [5.74, 6) is 0.0168. The molecular formula is C13H18N4OS. The van der Waals surface area contributed by atoms with Crippen LogP contribution in [-0.2, 0) is 4.79 Å². The summed E-state index contributed by atoms with van der Waals surface area (Å²) in [5.41, 5.74) is 7.39. The van der Waals surface area contributed by atoms with Crippen molar-refractivity contribution in [1.82, 2.24) is 10.3 Å². The zero-order valence-electron chi connectivity index (χ0n) is 11.1. The van der Waals surface area contributed by atoms with E-state index in [4.69, 9.17) is 5.73 Å². The van der Waals surface area contributed by atoms with Crippen LogP contribution in [0.3, 0.4) is 0 Å². The first-order chi connectivity index (χ1) is 9.10. The number of thiazole rings is 1. The molecule has 0 saturated carbocycles. The summed E-state index contributed by atoms with van der Waals surface area (Å²) in [6, 6.07) is 5.64. The third kappa shape index (κ3) is 3.35. The second-order valence-corrected chi connectivity index (χ2v) is 5.44. The summed E-state index contributed by atoms with van der Waals surface area (Å²) in [6.07, 6.45) is 0.940. The van der Waals surface area contributed by atoms with Crippen LogP contribution in [0.15, 0.2) is 18.2 Å². The van der Waals surface area contributed by atoms with Gasteiger partial charge in [0.25, 0.3) is 0 Å². The van der Waals surface area contributed by atoms with Crippen LogP contribution in [0.2, 0.25) is 0 Å². The molecule has 0 spiro atoms. The van der Waals surface area contributed by atoms with Crippen molar-refractivity contribution in [2.24, 2.45) is 0 Å². The molecule has 0 bridgehead atoms. The number of rotatable bonds is 5. The number of nitrogen functional groups attached to an aromatic ring is 1. The maximum Gasteiger partial charge on any atom is 0.239 e. The molecule has 102 valence electrons. The number of benzene rings is 1. The van der Waals surface area contributed by atoms with Crippen molar-refractivity contribution in [2.75, 3.05) is 30.8 Å². The molecule has 2 aromatic rings. The van der Waals surface area contributed by atoms with E-state index in [2.05, 4.69) is 10.3 Å². The summed E-state index contributed by atoms with van der Waals surface area (Å²) in [4.78, 5) is 18.0.